The Labute approximate surface area is 118 Å². The molecule has 0 aliphatic carbocycles. The van der Waals surface area contributed by atoms with E-state index < -0.39 is 0 Å². The van der Waals surface area contributed by atoms with Gasteiger partial charge in [0.2, 0.25) is 0 Å². The number of halogens is 2. The van der Waals surface area contributed by atoms with Crippen molar-refractivity contribution in [2.45, 2.75) is 44.4 Å². The third-order valence-electron chi connectivity index (χ3n) is 2.71. The van der Waals surface area contributed by atoms with E-state index in [2.05, 4.69) is 50.5 Å². The van der Waals surface area contributed by atoms with Crippen LogP contribution in [0.15, 0.2) is 12.1 Å². The predicted octanol–water partition coefficient (Wildman–Crippen LogP) is 5.28. The molecule has 3 heteroatoms. The highest BCUT2D eigenvalue weighted by Crippen LogP contribution is 2.43. The summed E-state index contributed by atoms with van der Waals surface area (Å²) in [7, 11) is 1.71. The molecule has 17 heavy (non-hydrogen) atoms. The molecule has 0 aliphatic rings. The summed E-state index contributed by atoms with van der Waals surface area (Å²) in [5.74, 6) is 0.920. The largest absolute Gasteiger partial charge is 0.496 e. The monoisotopic (exact) mass is 318 g/mol. The van der Waals surface area contributed by atoms with E-state index in [-0.39, 0.29) is 9.74 Å². The van der Waals surface area contributed by atoms with E-state index in [0.717, 1.165) is 21.9 Å². The van der Waals surface area contributed by atoms with Crippen LogP contribution in [-0.4, -0.2) is 7.11 Å². The Balaban J connectivity index is 3.58. The number of hydrogen-bond donors (Lipinski definition) is 0. The molecule has 0 saturated carbocycles. The molecule has 1 rings (SSSR count). The molecule has 1 nitrogen and oxygen atoms in total. The molecule has 0 spiro atoms. The first-order valence-corrected chi connectivity index (χ1v) is 6.82. The van der Waals surface area contributed by atoms with Crippen molar-refractivity contribution in [1.29, 1.82) is 0 Å². The number of alkyl halides is 1. The van der Waals surface area contributed by atoms with E-state index in [1.165, 1.54) is 0 Å². The van der Waals surface area contributed by atoms with Crippen molar-refractivity contribution < 1.29 is 4.74 Å². The van der Waals surface area contributed by atoms with Gasteiger partial charge in [-0.3, -0.25) is 0 Å². The highest BCUT2D eigenvalue weighted by atomic mass is 79.9. The van der Waals surface area contributed by atoms with Crippen molar-refractivity contribution in [2.24, 2.45) is 0 Å². The van der Waals surface area contributed by atoms with Crippen LogP contribution in [0.5, 0.6) is 5.75 Å². The molecule has 0 fully saturated rings. The second kappa shape index (κ2) is 4.81. The fourth-order valence-corrected chi connectivity index (χ4v) is 2.32. The molecule has 0 aliphatic heterocycles. The summed E-state index contributed by atoms with van der Waals surface area (Å²) in [5.41, 5.74) is 2.22. The molecule has 0 atom stereocenters. The van der Waals surface area contributed by atoms with Gasteiger partial charge in [0.15, 0.2) is 0 Å². The standard InChI is InChI=1S/C14H20BrClO/c1-13(2,3)10-7-9(16)8-11(12(10)17-6)14(4,5)15/h7-8H,1-6H3. The van der Waals surface area contributed by atoms with Gasteiger partial charge < -0.3 is 4.74 Å². The van der Waals surface area contributed by atoms with Gasteiger partial charge in [-0.25, -0.2) is 0 Å². The Morgan fingerprint density at radius 1 is 1.06 bits per heavy atom. The Morgan fingerprint density at radius 2 is 1.53 bits per heavy atom. The van der Waals surface area contributed by atoms with Crippen LogP contribution in [0.25, 0.3) is 0 Å². The molecule has 0 amide bonds. The lowest BCUT2D eigenvalue weighted by atomic mass is 9.83. The van der Waals surface area contributed by atoms with Gasteiger partial charge in [0.25, 0.3) is 0 Å². The predicted molar refractivity (Wildman–Crippen MR) is 78.7 cm³/mol. The number of benzene rings is 1. The zero-order valence-corrected chi connectivity index (χ0v) is 13.7. The highest BCUT2D eigenvalue weighted by Gasteiger charge is 2.28. The maximum absolute atomic E-state index is 6.21. The minimum atomic E-state index is -0.163. The van der Waals surface area contributed by atoms with Gasteiger partial charge in [-0.2, -0.15) is 0 Å². The molecule has 1 aromatic carbocycles. The second-order valence-electron chi connectivity index (χ2n) is 5.76. The van der Waals surface area contributed by atoms with Crippen molar-refractivity contribution in [2.75, 3.05) is 7.11 Å². The summed E-state index contributed by atoms with van der Waals surface area (Å²) in [4.78, 5) is 0. The first-order chi connectivity index (χ1) is 7.57. The Hall–Kier alpha value is -0.210. The van der Waals surface area contributed by atoms with Crippen LogP contribution < -0.4 is 4.74 Å². The van der Waals surface area contributed by atoms with Gasteiger partial charge >= 0.3 is 0 Å². The van der Waals surface area contributed by atoms with Gasteiger partial charge in [0, 0.05) is 20.5 Å². The quantitative estimate of drug-likeness (QED) is 0.674. The Bertz CT molecular complexity index is 378. The maximum Gasteiger partial charge on any atom is 0.127 e. The van der Waals surface area contributed by atoms with Crippen LogP contribution in [0.2, 0.25) is 5.02 Å². The molecular formula is C14H20BrClO. The summed E-state index contributed by atoms with van der Waals surface area (Å²) >= 11 is 9.89. The van der Waals surface area contributed by atoms with Crippen LogP contribution in [0, 0.1) is 0 Å². The molecule has 96 valence electrons. The topological polar surface area (TPSA) is 9.23 Å². The lowest BCUT2D eigenvalue weighted by Gasteiger charge is -2.28. The lowest BCUT2D eigenvalue weighted by molar-refractivity contribution is 0.389. The lowest BCUT2D eigenvalue weighted by Crippen LogP contribution is -2.17. The number of rotatable bonds is 2. The number of ether oxygens (including phenoxy) is 1. The first kappa shape index (κ1) is 14.8. The van der Waals surface area contributed by atoms with Gasteiger partial charge in [0.05, 0.1) is 7.11 Å². The van der Waals surface area contributed by atoms with Crippen molar-refractivity contribution in [3.8, 4) is 5.75 Å². The van der Waals surface area contributed by atoms with E-state index in [4.69, 9.17) is 16.3 Å². The molecule has 0 radical (unpaired) electrons. The van der Waals surface area contributed by atoms with E-state index >= 15 is 0 Å². The minimum Gasteiger partial charge on any atom is -0.496 e. The Kier molecular flexibility index (Phi) is 4.20. The fourth-order valence-electron chi connectivity index (χ4n) is 1.81. The highest BCUT2D eigenvalue weighted by molar-refractivity contribution is 9.09. The number of hydrogen-bond acceptors (Lipinski definition) is 1. The fraction of sp³-hybridized carbons (Fsp3) is 0.571. The van der Waals surface area contributed by atoms with E-state index in [0.29, 0.717) is 0 Å². The summed E-state index contributed by atoms with van der Waals surface area (Å²) in [6.07, 6.45) is 0. The average molecular weight is 320 g/mol. The van der Waals surface area contributed by atoms with E-state index in [1.54, 1.807) is 7.11 Å². The van der Waals surface area contributed by atoms with Gasteiger partial charge in [-0.1, -0.05) is 48.3 Å². The van der Waals surface area contributed by atoms with Crippen molar-refractivity contribution >= 4 is 27.5 Å². The van der Waals surface area contributed by atoms with Crippen LogP contribution in [0.3, 0.4) is 0 Å². The van der Waals surface area contributed by atoms with Crippen LogP contribution >= 0.6 is 27.5 Å². The van der Waals surface area contributed by atoms with Crippen molar-refractivity contribution in [3.63, 3.8) is 0 Å². The van der Waals surface area contributed by atoms with Gasteiger partial charge in [-0.05, 0) is 31.4 Å². The molecule has 0 saturated heterocycles. The summed E-state index contributed by atoms with van der Waals surface area (Å²) < 4.78 is 5.43. The third-order valence-corrected chi connectivity index (χ3v) is 3.35. The average Bonchev–Trinajstić information content (AvgIpc) is 2.13. The molecule has 0 aromatic heterocycles. The molecular weight excluding hydrogens is 300 g/mol. The minimum absolute atomic E-state index is 0.00322. The maximum atomic E-state index is 6.21. The van der Waals surface area contributed by atoms with Crippen LogP contribution in [-0.2, 0) is 9.74 Å². The summed E-state index contributed by atoms with van der Waals surface area (Å²) in [6.45, 7) is 10.7. The van der Waals surface area contributed by atoms with E-state index in [1.807, 2.05) is 12.1 Å². The molecule has 1 aromatic rings. The first-order valence-electron chi connectivity index (χ1n) is 5.65. The third kappa shape index (κ3) is 3.38. The molecule has 0 bridgehead atoms. The van der Waals surface area contributed by atoms with Gasteiger partial charge in [-0.15, -0.1) is 0 Å². The summed E-state index contributed by atoms with van der Waals surface area (Å²) in [6, 6.07) is 3.95. The molecule has 0 unspecified atom stereocenters. The summed E-state index contributed by atoms with van der Waals surface area (Å²) in [5, 5.41) is 0.748. The smallest absolute Gasteiger partial charge is 0.127 e. The van der Waals surface area contributed by atoms with Crippen molar-refractivity contribution in [3.05, 3.63) is 28.3 Å². The number of methoxy groups -OCH3 is 1. The van der Waals surface area contributed by atoms with Gasteiger partial charge in [0.1, 0.15) is 5.75 Å². The van der Waals surface area contributed by atoms with Crippen LogP contribution in [0.4, 0.5) is 0 Å². The molecule has 0 heterocycles. The zero-order valence-electron chi connectivity index (χ0n) is 11.3. The molecule has 0 N–H and O–H groups in total. The van der Waals surface area contributed by atoms with Crippen molar-refractivity contribution in [1.82, 2.24) is 0 Å². The van der Waals surface area contributed by atoms with E-state index in [9.17, 15) is 0 Å². The Morgan fingerprint density at radius 3 is 1.88 bits per heavy atom. The normalized spacial score (nSPS) is 12.7. The SMILES string of the molecule is COc1c(C(C)(C)C)cc(Cl)cc1C(C)(C)Br. The second-order valence-corrected chi connectivity index (χ2v) is 8.18. The zero-order chi connectivity index (χ0) is 13.4. The van der Waals surface area contributed by atoms with Crippen LogP contribution in [0.1, 0.15) is 45.7 Å².